The van der Waals surface area contributed by atoms with E-state index in [0.29, 0.717) is 19.6 Å². The first kappa shape index (κ1) is 22.1. The topological polar surface area (TPSA) is 54.6 Å². The molecule has 1 N–H and O–H groups in total. The molecule has 0 aromatic carbocycles. The van der Waals surface area contributed by atoms with Gasteiger partial charge in [0.2, 0.25) is 0 Å². The molecule has 2 rings (SSSR count). The molecular formula is C19H30N2O3S2Si. The van der Waals surface area contributed by atoms with Crippen LogP contribution in [0.1, 0.15) is 32.9 Å². The van der Waals surface area contributed by atoms with Crippen LogP contribution in [-0.2, 0) is 9.16 Å². The Bertz CT molecular complexity index is 761. The quantitative estimate of drug-likeness (QED) is 0.365. The predicted octanol–water partition coefficient (Wildman–Crippen LogP) is 5.61. The number of hydrogen-bond donors (Lipinski definition) is 1. The Morgan fingerprint density at radius 1 is 1.52 bits per heavy atom. The standard InChI is InChI=1S/C19H30N2O3S2Si/c1-7-10-23-18(22)21-9-8-14(16-13-26-17(25)20-16)11-15(21)12-24-27(5,6)19(2,3)4/h7-8,13,15H,1,9-12H2,2-6H3,(H,20,25)/t15-/m0/s1. The van der Waals surface area contributed by atoms with Gasteiger partial charge in [-0.3, -0.25) is 4.90 Å². The monoisotopic (exact) mass is 426 g/mol. The average molecular weight is 427 g/mol. The van der Waals surface area contributed by atoms with Crippen LogP contribution >= 0.6 is 23.6 Å². The number of nitrogens with one attached hydrogen (secondary N) is 1. The summed E-state index contributed by atoms with van der Waals surface area (Å²) in [5.74, 6) is 0. The molecule has 150 valence electrons. The van der Waals surface area contributed by atoms with E-state index in [1.165, 1.54) is 16.9 Å². The van der Waals surface area contributed by atoms with E-state index in [1.54, 1.807) is 11.0 Å². The molecule has 0 bridgehead atoms. The molecule has 1 amide bonds. The fourth-order valence-corrected chi connectivity index (χ4v) is 4.47. The number of H-pyrrole nitrogens is 1. The number of amides is 1. The van der Waals surface area contributed by atoms with E-state index in [-0.39, 0.29) is 23.8 Å². The second-order valence-electron chi connectivity index (χ2n) is 8.24. The van der Waals surface area contributed by atoms with Crippen molar-refractivity contribution in [1.82, 2.24) is 9.88 Å². The fourth-order valence-electron chi connectivity index (χ4n) is 2.57. The summed E-state index contributed by atoms with van der Waals surface area (Å²) in [5, 5.41) is 2.15. The van der Waals surface area contributed by atoms with E-state index in [9.17, 15) is 4.79 Å². The average Bonchev–Trinajstić information content (AvgIpc) is 3.03. The van der Waals surface area contributed by atoms with E-state index >= 15 is 0 Å². The van der Waals surface area contributed by atoms with Gasteiger partial charge in [0.1, 0.15) is 6.61 Å². The lowest BCUT2D eigenvalue weighted by atomic mass is 9.99. The van der Waals surface area contributed by atoms with Crippen molar-refractivity contribution in [2.24, 2.45) is 0 Å². The molecule has 8 heteroatoms. The number of hydrogen-bond acceptors (Lipinski definition) is 5. The first-order valence-corrected chi connectivity index (χ1v) is 13.3. The van der Waals surface area contributed by atoms with Crippen LogP contribution < -0.4 is 0 Å². The van der Waals surface area contributed by atoms with Gasteiger partial charge in [0.05, 0.1) is 18.3 Å². The second-order valence-corrected chi connectivity index (χ2v) is 14.6. The minimum absolute atomic E-state index is 0.0710. The predicted molar refractivity (Wildman–Crippen MR) is 117 cm³/mol. The zero-order valence-corrected chi connectivity index (χ0v) is 19.5. The summed E-state index contributed by atoms with van der Waals surface area (Å²) < 4.78 is 12.5. The van der Waals surface area contributed by atoms with Gasteiger partial charge < -0.3 is 14.1 Å². The largest absolute Gasteiger partial charge is 0.445 e. The van der Waals surface area contributed by atoms with Crippen LogP contribution in [0.15, 0.2) is 24.1 Å². The summed E-state index contributed by atoms with van der Waals surface area (Å²) >= 11 is 6.72. The first-order valence-electron chi connectivity index (χ1n) is 9.10. The number of aromatic nitrogens is 1. The van der Waals surface area contributed by atoms with E-state index < -0.39 is 8.32 Å². The zero-order chi connectivity index (χ0) is 20.2. The normalized spacial score (nSPS) is 18.2. The maximum atomic E-state index is 12.5. The molecule has 1 atom stereocenters. The van der Waals surface area contributed by atoms with Crippen LogP contribution in [0.4, 0.5) is 4.79 Å². The Kier molecular flexibility index (Phi) is 7.24. The molecule has 1 aliphatic rings. The Morgan fingerprint density at radius 2 is 2.22 bits per heavy atom. The molecular weight excluding hydrogens is 396 g/mol. The maximum Gasteiger partial charge on any atom is 0.410 e. The smallest absolute Gasteiger partial charge is 0.410 e. The fraction of sp³-hybridized carbons (Fsp3) is 0.579. The Balaban J connectivity index is 2.18. The van der Waals surface area contributed by atoms with Crippen molar-refractivity contribution in [3.8, 4) is 0 Å². The van der Waals surface area contributed by atoms with Crippen molar-refractivity contribution in [1.29, 1.82) is 0 Å². The summed E-state index contributed by atoms with van der Waals surface area (Å²) in [6, 6.07) is -0.0710. The van der Waals surface area contributed by atoms with Crippen molar-refractivity contribution in [3.05, 3.63) is 33.8 Å². The molecule has 0 fully saturated rings. The summed E-state index contributed by atoms with van der Waals surface area (Å²) in [5.41, 5.74) is 2.19. The highest BCUT2D eigenvalue weighted by atomic mass is 32.1. The van der Waals surface area contributed by atoms with Crippen molar-refractivity contribution in [2.75, 3.05) is 19.8 Å². The number of carbonyl (C=O) groups is 1. The number of carbonyl (C=O) groups excluding carboxylic acids is 1. The second kappa shape index (κ2) is 8.85. The van der Waals surface area contributed by atoms with Crippen LogP contribution in [-0.4, -0.2) is 50.1 Å². The number of rotatable bonds is 6. The first-order chi connectivity index (χ1) is 12.5. The molecule has 0 aliphatic carbocycles. The molecule has 1 aromatic rings. The van der Waals surface area contributed by atoms with Gasteiger partial charge in [0.25, 0.3) is 0 Å². The Hall–Kier alpha value is -1.22. The number of nitrogens with zero attached hydrogens (tertiary/aromatic N) is 1. The molecule has 0 saturated carbocycles. The highest BCUT2D eigenvalue weighted by Gasteiger charge is 2.39. The summed E-state index contributed by atoms with van der Waals surface area (Å²) in [6.45, 7) is 15.9. The van der Waals surface area contributed by atoms with Gasteiger partial charge in [0.15, 0.2) is 12.3 Å². The molecule has 1 aromatic heterocycles. The Labute approximate surface area is 172 Å². The van der Waals surface area contributed by atoms with Crippen molar-refractivity contribution in [2.45, 2.75) is 51.4 Å². The third-order valence-corrected chi connectivity index (χ3v) is 10.9. The van der Waals surface area contributed by atoms with E-state index in [0.717, 1.165) is 9.65 Å². The molecule has 27 heavy (non-hydrogen) atoms. The summed E-state index contributed by atoms with van der Waals surface area (Å²) in [4.78, 5) is 17.5. The van der Waals surface area contributed by atoms with Crippen molar-refractivity contribution in [3.63, 3.8) is 0 Å². The van der Waals surface area contributed by atoms with Gasteiger partial charge in [-0.2, -0.15) is 0 Å². The van der Waals surface area contributed by atoms with E-state index in [2.05, 4.69) is 51.5 Å². The van der Waals surface area contributed by atoms with Crippen LogP contribution in [0.2, 0.25) is 18.1 Å². The highest BCUT2D eigenvalue weighted by Crippen LogP contribution is 2.37. The van der Waals surface area contributed by atoms with Gasteiger partial charge in [-0.05, 0) is 42.3 Å². The van der Waals surface area contributed by atoms with Crippen LogP contribution in [0.5, 0.6) is 0 Å². The third kappa shape index (κ3) is 5.63. The van der Waals surface area contributed by atoms with E-state index in [1.807, 2.05) is 5.38 Å². The van der Waals surface area contributed by atoms with Crippen LogP contribution in [0.25, 0.3) is 5.57 Å². The van der Waals surface area contributed by atoms with Gasteiger partial charge >= 0.3 is 6.09 Å². The highest BCUT2D eigenvalue weighted by molar-refractivity contribution is 7.73. The van der Waals surface area contributed by atoms with Gasteiger partial charge in [0, 0.05) is 11.9 Å². The van der Waals surface area contributed by atoms with Crippen molar-refractivity contribution < 1.29 is 14.0 Å². The zero-order valence-electron chi connectivity index (χ0n) is 16.8. The molecule has 1 aliphatic heterocycles. The van der Waals surface area contributed by atoms with Gasteiger partial charge in [-0.1, -0.05) is 39.5 Å². The Morgan fingerprint density at radius 3 is 2.78 bits per heavy atom. The maximum absolute atomic E-state index is 12.5. The number of ether oxygens (including phenoxy) is 1. The van der Waals surface area contributed by atoms with Crippen LogP contribution in [0.3, 0.4) is 0 Å². The van der Waals surface area contributed by atoms with Crippen LogP contribution in [0, 0.1) is 3.95 Å². The third-order valence-electron chi connectivity index (χ3n) is 5.30. The van der Waals surface area contributed by atoms with Gasteiger partial charge in [-0.25, -0.2) is 4.79 Å². The summed E-state index contributed by atoms with van der Waals surface area (Å²) in [7, 11) is -1.91. The van der Waals surface area contributed by atoms with Gasteiger partial charge in [-0.15, -0.1) is 11.3 Å². The van der Waals surface area contributed by atoms with E-state index in [4.69, 9.17) is 21.4 Å². The molecule has 0 unspecified atom stereocenters. The molecule has 2 heterocycles. The molecule has 5 nitrogen and oxygen atoms in total. The lowest BCUT2D eigenvalue weighted by Gasteiger charge is -2.40. The molecule has 0 radical (unpaired) electrons. The number of aromatic amines is 1. The van der Waals surface area contributed by atoms with Crippen molar-refractivity contribution >= 4 is 43.5 Å². The molecule has 0 saturated heterocycles. The lowest BCUT2D eigenvalue weighted by molar-refractivity contribution is 0.0821. The number of thiazole rings is 1. The minimum atomic E-state index is -1.91. The molecule has 0 spiro atoms. The lowest BCUT2D eigenvalue weighted by Crippen LogP contribution is -2.49. The minimum Gasteiger partial charge on any atom is -0.445 e. The SMILES string of the molecule is C=CCOC(=O)N1CC=C(c2csc(=S)[nH]2)C[C@H]1CO[Si](C)(C)C(C)(C)C. The summed E-state index contributed by atoms with van der Waals surface area (Å²) in [6.07, 6.45) is 4.02.